The van der Waals surface area contributed by atoms with Crippen LogP contribution in [0.2, 0.25) is 0 Å². The molecule has 6 heterocycles. The van der Waals surface area contributed by atoms with Gasteiger partial charge in [0.1, 0.15) is 34.6 Å². The van der Waals surface area contributed by atoms with Crippen molar-refractivity contribution in [3.05, 3.63) is 140 Å². The number of nitrogen functional groups attached to an aromatic ring is 4. The predicted molar refractivity (Wildman–Crippen MR) is 278 cm³/mol. The second kappa shape index (κ2) is 17.3. The van der Waals surface area contributed by atoms with Gasteiger partial charge in [-0.15, -0.1) is 0 Å². The minimum absolute atomic E-state index is 0. The number of fused-ring (bicyclic) bond motifs is 12. The fourth-order valence-electron chi connectivity index (χ4n) is 9.30. The summed E-state index contributed by atoms with van der Waals surface area (Å²) >= 11 is 0. The van der Waals surface area contributed by atoms with Gasteiger partial charge in [-0.25, -0.2) is 19.9 Å². The topological polar surface area (TPSA) is 180 Å². The Morgan fingerprint density at radius 3 is 1.22 bits per heavy atom. The van der Waals surface area contributed by atoms with E-state index >= 15 is 0 Å². The Bertz CT molecular complexity index is 3180. The predicted octanol–water partition coefficient (Wildman–Crippen LogP) is 12.4. The van der Waals surface area contributed by atoms with Crippen molar-refractivity contribution in [2.24, 2.45) is 9.98 Å². The fraction of sp³-hybridized carbons (Fsp3) is 0.236. The number of benzene rings is 4. The van der Waals surface area contributed by atoms with E-state index < -0.39 is 0 Å². The third-order valence-corrected chi connectivity index (χ3v) is 12.3. The molecule has 4 aromatic heterocycles. The quantitative estimate of drug-likeness (QED) is 0.116. The van der Waals surface area contributed by atoms with Gasteiger partial charge in [-0.1, -0.05) is 78.3 Å². The molecule has 0 amide bonds. The summed E-state index contributed by atoms with van der Waals surface area (Å²) in [5.74, 6) is 2.40. The lowest BCUT2D eigenvalue weighted by Gasteiger charge is -2.08. The number of aliphatic imine (C=N–C) groups is 2. The zero-order chi connectivity index (χ0) is 45.1. The normalized spacial score (nSPS) is 13.8. The number of aryl methyl sites for hydroxylation is 4. The molecule has 65 heavy (non-hydrogen) atoms. The number of aromatic nitrogens is 4. The summed E-state index contributed by atoms with van der Waals surface area (Å²) in [5.41, 5.74) is 46.8. The monoisotopic (exact) mass is 858 g/mol. The number of allylic oxidation sites excluding steroid dienone is 2. The van der Waals surface area contributed by atoms with Crippen molar-refractivity contribution >= 4 is 102 Å². The molecule has 328 valence electrons. The fourth-order valence-corrected chi connectivity index (χ4v) is 9.30. The Labute approximate surface area is 381 Å². The molecule has 0 saturated carbocycles. The zero-order valence-electron chi connectivity index (χ0n) is 37.9. The molecule has 0 unspecified atom stereocenters. The first-order valence-corrected chi connectivity index (χ1v) is 21.8. The Balaban J connectivity index is 0.000000118. The van der Waals surface area contributed by atoms with E-state index in [4.69, 9.17) is 22.9 Å². The summed E-state index contributed by atoms with van der Waals surface area (Å²) in [5, 5.41) is 4.85. The van der Waals surface area contributed by atoms with Crippen molar-refractivity contribution in [3.63, 3.8) is 0 Å². The molecule has 12 rings (SSSR count). The maximum Gasteiger partial charge on any atom is 0.150 e. The minimum Gasteiger partial charge on any atom is -0.383 e. The number of rotatable bonds is 0. The van der Waals surface area contributed by atoms with E-state index in [9.17, 15) is 0 Å². The number of nitrogens with two attached hydrogens (primary N) is 4. The molecule has 10 heteroatoms. The van der Waals surface area contributed by atoms with E-state index in [-0.39, 0.29) is 7.43 Å². The highest BCUT2D eigenvalue weighted by Crippen LogP contribution is 2.39. The third kappa shape index (κ3) is 8.52. The zero-order valence-corrected chi connectivity index (χ0v) is 37.9. The van der Waals surface area contributed by atoms with Gasteiger partial charge in [-0.2, -0.15) is 0 Å². The molecule has 2 aliphatic heterocycles. The molecule has 0 radical (unpaired) electrons. The Hall–Kier alpha value is -7.46. The van der Waals surface area contributed by atoms with E-state index in [0.717, 1.165) is 81.7 Å². The SMILES string of the molecule is C.CC1=Cc2c(N)nc3cc(C)ccc3c2C1.CC1=Cc2c(N)nc3ccc(C)cc3c2C1.CC1=Nc2c(N)nc3cc(C)ccc3c2C1.CC1=Nc2c(N)nc3ccc(C)cc3c2C1. The molecule has 0 atom stereocenters. The number of nitrogens with zero attached hydrogens (tertiary/aromatic N) is 6. The maximum absolute atomic E-state index is 5.99. The van der Waals surface area contributed by atoms with Crippen molar-refractivity contribution in [1.82, 2.24) is 19.9 Å². The van der Waals surface area contributed by atoms with Crippen LogP contribution in [0.15, 0.2) is 93.9 Å². The van der Waals surface area contributed by atoms with Gasteiger partial charge < -0.3 is 22.9 Å². The number of anilines is 4. The van der Waals surface area contributed by atoms with Gasteiger partial charge in [0.2, 0.25) is 0 Å². The van der Waals surface area contributed by atoms with Crippen molar-refractivity contribution < 1.29 is 0 Å². The van der Waals surface area contributed by atoms with Crippen LogP contribution in [0, 0.1) is 27.7 Å². The lowest BCUT2D eigenvalue weighted by atomic mass is 10.0. The van der Waals surface area contributed by atoms with Crippen LogP contribution in [-0.2, 0) is 25.7 Å². The number of hydrogen-bond donors (Lipinski definition) is 4. The summed E-state index contributed by atoms with van der Waals surface area (Å²) in [6, 6.07) is 25.2. The van der Waals surface area contributed by atoms with E-state index in [2.05, 4.69) is 150 Å². The first-order valence-electron chi connectivity index (χ1n) is 21.8. The average molecular weight is 859 g/mol. The van der Waals surface area contributed by atoms with Gasteiger partial charge in [0.15, 0.2) is 0 Å². The summed E-state index contributed by atoms with van der Waals surface area (Å²) in [4.78, 5) is 26.7. The number of pyridine rings is 4. The van der Waals surface area contributed by atoms with E-state index in [1.165, 1.54) is 77.2 Å². The Kier molecular flexibility index (Phi) is 11.7. The largest absolute Gasteiger partial charge is 0.383 e. The molecule has 0 fully saturated rings. The van der Waals surface area contributed by atoms with Gasteiger partial charge in [-0.05, 0) is 138 Å². The van der Waals surface area contributed by atoms with Gasteiger partial charge >= 0.3 is 0 Å². The molecule has 8 aromatic rings. The molecule has 4 aromatic carbocycles. The van der Waals surface area contributed by atoms with Gasteiger partial charge in [0.25, 0.3) is 0 Å². The van der Waals surface area contributed by atoms with Crippen LogP contribution in [0.25, 0.3) is 55.8 Å². The maximum atomic E-state index is 5.99. The summed E-state index contributed by atoms with van der Waals surface area (Å²) in [6.07, 6.45) is 8.09. The molecular weight excluding hydrogens is 801 g/mol. The van der Waals surface area contributed by atoms with Crippen molar-refractivity contribution in [2.45, 2.75) is 88.5 Å². The van der Waals surface area contributed by atoms with Crippen LogP contribution >= 0.6 is 0 Å². The molecule has 0 saturated heterocycles. The van der Waals surface area contributed by atoms with Crippen LogP contribution in [-0.4, -0.2) is 31.4 Å². The van der Waals surface area contributed by atoms with Crippen LogP contribution in [0.1, 0.15) is 90.8 Å². The van der Waals surface area contributed by atoms with E-state index in [1.54, 1.807) is 0 Å². The van der Waals surface area contributed by atoms with Crippen molar-refractivity contribution in [3.8, 4) is 0 Å². The second-order valence-electron chi connectivity index (χ2n) is 17.9. The molecule has 0 spiro atoms. The van der Waals surface area contributed by atoms with Crippen molar-refractivity contribution in [2.75, 3.05) is 22.9 Å². The standard InChI is InChI=1S/2C14H14N2.2C13H13N3.CH4/c1-8-3-4-10-11-5-9(2)6-12(11)14(15)16-13(10)7-8;1-8-3-4-13-11(5-8)10-6-9(2)7-12(10)14(15)16-13;1-7-3-4-11-9(5-7)10-6-8(2)15-12(10)13(14)16-11;1-7-3-4-9-10-6-8(2)15-12(10)13(14)16-11(9)5-7;/h3-4,6-7H,5H2,1-2H3,(H2,15,16);3-5,7H,6H2,1-2H3,(H2,15,16);2*3-5H,6H2,1-2H3,(H2,14,16);1H4. The minimum atomic E-state index is 0. The highest BCUT2D eigenvalue weighted by Gasteiger charge is 2.21. The first-order chi connectivity index (χ1) is 30.6. The van der Waals surface area contributed by atoms with E-state index in [0.29, 0.717) is 23.3 Å². The highest BCUT2D eigenvalue weighted by atomic mass is 14.9. The van der Waals surface area contributed by atoms with Crippen LogP contribution < -0.4 is 22.9 Å². The Morgan fingerprint density at radius 1 is 0.369 bits per heavy atom. The van der Waals surface area contributed by atoms with Gasteiger partial charge in [0, 0.05) is 56.9 Å². The van der Waals surface area contributed by atoms with Crippen LogP contribution in [0.5, 0.6) is 0 Å². The van der Waals surface area contributed by atoms with Gasteiger partial charge in [0.05, 0.1) is 22.1 Å². The summed E-state index contributed by atoms with van der Waals surface area (Å²) < 4.78 is 0. The first kappa shape index (κ1) is 44.2. The lowest BCUT2D eigenvalue weighted by molar-refractivity contribution is 1.20. The summed E-state index contributed by atoms with van der Waals surface area (Å²) in [7, 11) is 0. The molecule has 10 nitrogen and oxygen atoms in total. The number of hydrogen-bond acceptors (Lipinski definition) is 10. The third-order valence-electron chi connectivity index (χ3n) is 12.3. The van der Waals surface area contributed by atoms with E-state index in [1.807, 2.05) is 19.9 Å². The smallest absolute Gasteiger partial charge is 0.150 e. The Morgan fingerprint density at radius 2 is 0.723 bits per heavy atom. The molecule has 0 bridgehead atoms. The van der Waals surface area contributed by atoms with Gasteiger partial charge in [-0.3, -0.25) is 9.98 Å². The van der Waals surface area contributed by atoms with Crippen molar-refractivity contribution in [1.29, 1.82) is 0 Å². The average Bonchev–Trinajstić information content (AvgIpc) is 4.04. The molecular formula is C55H58N10. The highest BCUT2D eigenvalue weighted by molar-refractivity contribution is 6.03. The molecule has 8 N–H and O–H groups in total. The molecule has 4 aliphatic rings. The second-order valence-corrected chi connectivity index (χ2v) is 17.9. The summed E-state index contributed by atoms with van der Waals surface area (Å²) in [6.45, 7) is 16.7. The molecule has 2 aliphatic carbocycles. The van der Waals surface area contributed by atoms with Crippen LogP contribution in [0.4, 0.5) is 34.6 Å². The van der Waals surface area contributed by atoms with Crippen LogP contribution in [0.3, 0.4) is 0 Å². The lowest BCUT2D eigenvalue weighted by Crippen LogP contribution is -1.98.